The summed E-state index contributed by atoms with van der Waals surface area (Å²) in [4.78, 5) is 18.7. The third-order valence-electron chi connectivity index (χ3n) is 4.83. The van der Waals surface area contributed by atoms with Gasteiger partial charge in [0.1, 0.15) is 0 Å². The summed E-state index contributed by atoms with van der Waals surface area (Å²) < 4.78 is 5.44. The van der Waals surface area contributed by atoms with Crippen molar-refractivity contribution < 1.29 is 9.32 Å². The minimum Gasteiger partial charge on any atom is -0.342 e. The average Bonchev–Trinajstić information content (AvgIpc) is 3.29. The summed E-state index contributed by atoms with van der Waals surface area (Å²) in [6, 6.07) is 18.2. The number of nitrogens with zero attached hydrogens (tertiary/aromatic N) is 3. The van der Waals surface area contributed by atoms with Crippen LogP contribution < -0.4 is 0 Å². The first-order valence-corrected chi connectivity index (χ1v) is 8.91. The van der Waals surface area contributed by atoms with Gasteiger partial charge in [-0.2, -0.15) is 4.98 Å². The third kappa shape index (κ3) is 3.52. The van der Waals surface area contributed by atoms with Gasteiger partial charge < -0.3 is 9.42 Å². The largest absolute Gasteiger partial charge is 0.342 e. The molecule has 1 fully saturated rings. The Labute approximate surface area is 152 Å². The molecule has 5 heteroatoms. The van der Waals surface area contributed by atoms with Gasteiger partial charge in [0.25, 0.3) is 0 Å². The summed E-state index contributed by atoms with van der Waals surface area (Å²) in [6.07, 6.45) is 1.29. The van der Waals surface area contributed by atoms with Crippen LogP contribution in [0.2, 0.25) is 0 Å². The second kappa shape index (κ2) is 7.12. The first-order valence-electron chi connectivity index (χ1n) is 8.91. The van der Waals surface area contributed by atoms with Gasteiger partial charge in [-0.1, -0.05) is 65.3 Å². The van der Waals surface area contributed by atoms with Crippen molar-refractivity contribution in [2.75, 3.05) is 13.1 Å². The highest BCUT2D eigenvalue weighted by Gasteiger charge is 2.34. The van der Waals surface area contributed by atoms with Crippen molar-refractivity contribution in [2.45, 2.75) is 25.7 Å². The molecule has 1 aliphatic heterocycles. The molecule has 1 unspecified atom stereocenters. The number of aromatic nitrogens is 2. The normalized spacial score (nSPS) is 17.0. The Hall–Kier alpha value is -2.95. The Bertz CT molecular complexity index is 887. The fourth-order valence-corrected chi connectivity index (χ4v) is 3.28. The van der Waals surface area contributed by atoms with Gasteiger partial charge in [0.05, 0.1) is 5.92 Å². The Morgan fingerprint density at radius 2 is 1.88 bits per heavy atom. The molecule has 26 heavy (non-hydrogen) atoms. The van der Waals surface area contributed by atoms with Gasteiger partial charge in [-0.15, -0.1) is 0 Å². The van der Waals surface area contributed by atoms with E-state index in [4.69, 9.17) is 4.52 Å². The van der Waals surface area contributed by atoms with Crippen molar-refractivity contribution in [3.8, 4) is 11.4 Å². The third-order valence-corrected chi connectivity index (χ3v) is 4.83. The molecule has 3 aromatic rings. The predicted octanol–water partition coefficient (Wildman–Crippen LogP) is 3.60. The molecule has 0 bridgehead atoms. The Morgan fingerprint density at radius 1 is 1.12 bits per heavy atom. The number of rotatable bonds is 5. The van der Waals surface area contributed by atoms with Crippen LogP contribution in [0.3, 0.4) is 0 Å². The number of carbonyl (C=O) groups is 1. The first-order chi connectivity index (χ1) is 12.7. The molecule has 1 saturated heterocycles. The topological polar surface area (TPSA) is 59.2 Å². The maximum atomic E-state index is 12.3. The van der Waals surface area contributed by atoms with Crippen LogP contribution >= 0.6 is 0 Å². The molecule has 2 aromatic carbocycles. The van der Waals surface area contributed by atoms with Crippen LogP contribution in [-0.4, -0.2) is 34.0 Å². The summed E-state index contributed by atoms with van der Waals surface area (Å²) in [5, 5.41) is 4.07. The van der Waals surface area contributed by atoms with Crippen LogP contribution in [0.5, 0.6) is 0 Å². The minimum absolute atomic E-state index is 0.0227. The highest BCUT2D eigenvalue weighted by molar-refractivity contribution is 5.79. The minimum atomic E-state index is -0.0227. The lowest BCUT2D eigenvalue weighted by molar-refractivity contribution is -0.127. The Morgan fingerprint density at radius 3 is 2.65 bits per heavy atom. The maximum Gasteiger partial charge on any atom is 0.232 e. The average molecular weight is 347 g/mol. The van der Waals surface area contributed by atoms with Crippen molar-refractivity contribution >= 4 is 5.91 Å². The highest BCUT2D eigenvalue weighted by atomic mass is 16.5. The van der Waals surface area contributed by atoms with Gasteiger partial charge in [0.2, 0.25) is 17.6 Å². The maximum absolute atomic E-state index is 12.3. The molecule has 2 heterocycles. The molecule has 1 aromatic heterocycles. The van der Waals surface area contributed by atoms with Gasteiger partial charge in [-0.3, -0.25) is 4.79 Å². The van der Waals surface area contributed by atoms with E-state index in [-0.39, 0.29) is 11.8 Å². The number of aryl methyl sites for hydroxylation is 1. The van der Waals surface area contributed by atoms with Crippen LogP contribution in [0.25, 0.3) is 11.4 Å². The quantitative estimate of drug-likeness (QED) is 0.707. The van der Waals surface area contributed by atoms with Crippen molar-refractivity contribution in [3.63, 3.8) is 0 Å². The fourth-order valence-electron chi connectivity index (χ4n) is 3.28. The standard InChI is InChI=1S/C21H21N3O2/c1-15-7-9-16(10-8-15)11-12-24-14-18(13-19(24)25)21-22-20(23-26-21)17-5-3-2-4-6-17/h2-10,18H,11-14H2,1H3. The van der Waals surface area contributed by atoms with Gasteiger partial charge in [-0.05, 0) is 18.9 Å². The summed E-state index contributed by atoms with van der Waals surface area (Å²) in [5.41, 5.74) is 3.41. The molecular weight excluding hydrogens is 326 g/mol. The van der Waals surface area contributed by atoms with E-state index in [1.807, 2.05) is 35.2 Å². The smallest absolute Gasteiger partial charge is 0.232 e. The van der Waals surface area contributed by atoms with Gasteiger partial charge >= 0.3 is 0 Å². The summed E-state index contributed by atoms with van der Waals surface area (Å²) in [5.74, 6) is 1.26. The summed E-state index contributed by atoms with van der Waals surface area (Å²) in [6.45, 7) is 3.44. The molecule has 1 atom stereocenters. The molecule has 4 rings (SSSR count). The molecule has 0 aliphatic carbocycles. The van der Waals surface area contributed by atoms with E-state index < -0.39 is 0 Å². The molecule has 0 N–H and O–H groups in total. The van der Waals surface area contributed by atoms with Gasteiger partial charge in [0.15, 0.2) is 0 Å². The van der Waals surface area contributed by atoms with Crippen molar-refractivity contribution in [2.24, 2.45) is 0 Å². The number of amides is 1. The molecule has 132 valence electrons. The van der Waals surface area contributed by atoms with Crippen molar-refractivity contribution in [1.29, 1.82) is 0 Å². The van der Waals surface area contributed by atoms with E-state index in [1.165, 1.54) is 11.1 Å². The zero-order chi connectivity index (χ0) is 17.9. The zero-order valence-electron chi connectivity index (χ0n) is 14.8. The van der Waals surface area contributed by atoms with E-state index >= 15 is 0 Å². The second-order valence-corrected chi connectivity index (χ2v) is 6.80. The predicted molar refractivity (Wildman–Crippen MR) is 98.6 cm³/mol. The lowest BCUT2D eigenvalue weighted by Crippen LogP contribution is -2.27. The monoisotopic (exact) mass is 347 g/mol. The first kappa shape index (κ1) is 16.5. The van der Waals surface area contributed by atoms with Crippen LogP contribution in [-0.2, 0) is 11.2 Å². The molecule has 1 amide bonds. The summed E-state index contributed by atoms with van der Waals surface area (Å²) in [7, 11) is 0. The van der Waals surface area contributed by atoms with Crippen LogP contribution in [0.1, 0.15) is 29.4 Å². The summed E-state index contributed by atoms with van der Waals surface area (Å²) >= 11 is 0. The molecule has 0 radical (unpaired) electrons. The van der Waals surface area contributed by atoms with E-state index in [0.29, 0.717) is 24.7 Å². The molecule has 1 aliphatic rings. The lowest BCUT2D eigenvalue weighted by Gasteiger charge is -2.15. The van der Waals surface area contributed by atoms with Gasteiger partial charge in [0, 0.05) is 25.1 Å². The zero-order valence-corrected chi connectivity index (χ0v) is 14.8. The van der Waals surface area contributed by atoms with Gasteiger partial charge in [-0.25, -0.2) is 0 Å². The van der Waals surface area contributed by atoms with E-state index in [9.17, 15) is 4.79 Å². The Balaban J connectivity index is 1.40. The molecule has 0 saturated carbocycles. The van der Waals surface area contributed by atoms with Crippen LogP contribution in [0.15, 0.2) is 59.1 Å². The van der Waals surface area contributed by atoms with Crippen LogP contribution in [0, 0.1) is 6.92 Å². The second-order valence-electron chi connectivity index (χ2n) is 6.80. The molecule has 0 spiro atoms. The number of hydrogen-bond acceptors (Lipinski definition) is 4. The van der Waals surface area contributed by atoms with E-state index in [1.54, 1.807) is 0 Å². The number of likely N-dealkylation sites (tertiary alicyclic amines) is 1. The number of hydrogen-bond donors (Lipinski definition) is 0. The van der Waals surface area contributed by atoms with E-state index in [0.717, 1.165) is 18.5 Å². The fraction of sp³-hybridized carbons (Fsp3) is 0.286. The highest BCUT2D eigenvalue weighted by Crippen LogP contribution is 2.28. The van der Waals surface area contributed by atoms with Crippen molar-refractivity contribution in [3.05, 3.63) is 71.6 Å². The number of benzene rings is 2. The molecule has 5 nitrogen and oxygen atoms in total. The SMILES string of the molecule is Cc1ccc(CCN2CC(c3nc(-c4ccccc4)no3)CC2=O)cc1. The Kier molecular flexibility index (Phi) is 4.52. The lowest BCUT2D eigenvalue weighted by atomic mass is 10.1. The van der Waals surface area contributed by atoms with E-state index in [2.05, 4.69) is 41.3 Å². The number of carbonyl (C=O) groups excluding carboxylic acids is 1. The van der Waals surface area contributed by atoms with Crippen LogP contribution in [0.4, 0.5) is 0 Å². The molecular formula is C21H21N3O2. The van der Waals surface area contributed by atoms with Crippen molar-refractivity contribution in [1.82, 2.24) is 15.0 Å².